The van der Waals surface area contributed by atoms with Gasteiger partial charge in [0.1, 0.15) is 0 Å². The monoisotopic (exact) mass is 304 g/mol. The van der Waals surface area contributed by atoms with Crippen LogP contribution < -0.4 is 5.32 Å². The second kappa shape index (κ2) is 6.76. The molecule has 2 rings (SSSR count). The standard InChI is InChI=1S/C15H20N4OS/c1-10-7-11(2)19(18-10)14-6-5-13(8-16-14)9-17-15(20)12(3)21-4/h5-8,12H,9H2,1-4H3,(H,17,20)/t12-/m0/s1. The molecule has 0 aliphatic rings. The van der Waals surface area contributed by atoms with Crippen LogP contribution in [0.5, 0.6) is 0 Å². The molecule has 0 aliphatic heterocycles. The number of amides is 1. The van der Waals surface area contributed by atoms with Gasteiger partial charge in [0.05, 0.1) is 10.9 Å². The Morgan fingerprint density at radius 1 is 1.43 bits per heavy atom. The third-order valence-corrected chi connectivity index (χ3v) is 4.15. The Kier molecular flexibility index (Phi) is 5.01. The minimum atomic E-state index is -0.0352. The van der Waals surface area contributed by atoms with Crippen molar-refractivity contribution >= 4 is 17.7 Å². The van der Waals surface area contributed by atoms with Crippen molar-refractivity contribution in [2.24, 2.45) is 0 Å². The first-order valence-electron chi connectivity index (χ1n) is 6.80. The van der Waals surface area contributed by atoms with E-state index in [2.05, 4.69) is 15.4 Å². The lowest BCUT2D eigenvalue weighted by Gasteiger charge is -2.10. The molecule has 0 spiro atoms. The van der Waals surface area contributed by atoms with E-state index in [1.807, 2.05) is 49.9 Å². The van der Waals surface area contributed by atoms with E-state index < -0.39 is 0 Å². The zero-order chi connectivity index (χ0) is 15.4. The van der Waals surface area contributed by atoms with Crippen LogP contribution in [0.15, 0.2) is 24.4 Å². The molecule has 2 aromatic rings. The number of nitrogens with one attached hydrogen (secondary N) is 1. The molecule has 1 atom stereocenters. The lowest BCUT2D eigenvalue weighted by molar-refractivity contribution is -0.120. The Morgan fingerprint density at radius 3 is 2.71 bits per heavy atom. The zero-order valence-electron chi connectivity index (χ0n) is 12.8. The van der Waals surface area contributed by atoms with Gasteiger partial charge < -0.3 is 5.32 Å². The summed E-state index contributed by atoms with van der Waals surface area (Å²) in [6.45, 7) is 6.35. The van der Waals surface area contributed by atoms with E-state index in [1.54, 1.807) is 6.20 Å². The first kappa shape index (κ1) is 15.6. The largest absolute Gasteiger partial charge is 0.351 e. The van der Waals surface area contributed by atoms with Crippen molar-refractivity contribution in [2.45, 2.75) is 32.6 Å². The van der Waals surface area contributed by atoms with Crippen molar-refractivity contribution in [2.75, 3.05) is 6.26 Å². The molecule has 0 aromatic carbocycles. The molecule has 0 bridgehead atoms. The molecule has 0 saturated carbocycles. The summed E-state index contributed by atoms with van der Waals surface area (Å²) in [5.74, 6) is 0.832. The normalized spacial score (nSPS) is 12.2. The van der Waals surface area contributed by atoms with Gasteiger partial charge in [-0.25, -0.2) is 9.67 Å². The first-order chi connectivity index (χ1) is 10.0. The summed E-state index contributed by atoms with van der Waals surface area (Å²) in [5.41, 5.74) is 2.99. The summed E-state index contributed by atoms with van der Waals surface area (Å²) in [6.07, 6.45) is 3.70. The number of carbonyl (C=O) groups is 1. The highest BCUT2D eigenvalue weighted by molar-refractivity contribution is 7.99. The minimum absolute atomic E-state index is 0.0352. The maximum Gasteiger partial charge on any atom is 0.233 e. The van der Waals surface area contributed by atoms with Crippen LogP contribution in [0.25, 0.3) is 5.82 Å². The van der Waals surface area contributed by atoms with Gasteiger partial charge in [-0.1, -0.05) is 6.07 Å². The molecule has 112 valence electrons. The summed E-state index contributed by atoms with van der Waals surface area (Å²) in [5, 5.41) is 7.27. The van der Waals surface area contributed by atoms with Gasteiger partial charge in [0.15, 0.2) is 5.82 Å². The van der Waals surface area contributed by atoms with E-state index in [0.29, 0.717) is 6.54 Å². The second-order valence-corrected chi connectivity index (χ2v) is 6.14. The van der Waals surface area contributed by atoms with E-state index >= 15 is 0 Å². The number of nitrogens with zero attached hydrogens (tertiary/aromatic N) is 3. The van der Waals surface area contributed by atoms with Crippen LogP contribution in [0.3, 0.4) is 0 Å². The Morgan fingerprint density at radius 2 is 2.19 bits per heavy atom. The number of aryl methyl sites for hydroxylation is 2. The molecule has 0 unspecified atom stereocenters. The maximum atomic E-state index is 11.7. The fourth-order valence-electron chi connectivity index (χ4n) is 1.95. The highest BCUT2D eigenvalue weighted by Gasteiger charge is 2.10. The van der Waals surface area contributed by atoms with Crippen molar-refractivity contribution in [3.63, 3.8) is 0 Å². The van der Waals surface area contributed by atoms with Gasteiger partial charge in [-0.15, -0.1) is 0 Å². The SMILES string of the molecule is CS[C@@H](C)C(=O)NCc1ccc(-n2nc(C)cc2C)nc1. The number of carbonyl (C=O) groups excluding carboxylic acids is 1. The van der Waals surface area contributed by atoms with Crippen molar-refractivity contribution in [1.29, 1.82) is 0 Å². The number of pyridine rings is 1. The Bertz CT molecular complexity index is 621. The average molecular weight is 304 g/mol. The van der Waals surface area contributed by atoms with Gasteiger partial charge in [-0.05, 0) is 44.7 Å². The molecule has 0 fully saturated rings. The molecule has 5 nitrogen and oxygen atoms in total. The van der Waals surface area contributed by atoms with E-state index in [4.69, 9.17) is 0 Å². The molecule has 0 saturated heterocycles. The topological polar surface area (TPSA) is 59.8 Å². The third kappa shape index (κ3) is 3.85. The molecular formula is C15H20N4OS. The van der Waals surface area contributed by atoms with Crippen molar-refractivity contribution in [3.05, 3.63) is 41.3 Å². The summed E-state index contributed by atoms with van der Waals surface area (Å²) in [6, 6.07) is 5.89. The molecular weight excluding hydrogens is 284 g/mol. The van der Waals surface area contributed by atoms with Gasteiger partial charge in [0.25, 0.3) is 0 Å². The summed E-state index contributed by atoms with van der Waals surface area (Å²) in [7, 11) is 0. The Hall–Kier alpha value is -1.82. The maximum absolute atomic E-state index is 11.7. The zero-order valence-corrected chi connectivity index (χ0v) is 13.6. The van der Waals surface area contributed by atoms with Crippen LogP contribution in [0.4, 0.5) is 0 Å². The summed E-state index contributed by atoms with van der Waals surface area (Å²) in [4.78, 5) is 16.1. The second-order valence-electron chi connectivity index (χ2n) is 4.96. The predicted octanol–water partition coefficient (Wildman–Crippen LogP) is 2.25. The minimum Gasteiger partial charge on any atom is -0.351 e. The predicted molar refractivity (Wildman–Crippen MR) is 85.7 cm³/mol. The lowest BCUT2D eigenvalue weighted by atomic mass is 10.2. The van der Waals surface area contributed by atoms with Crippen molar-refractivity contribution in [1.82, 2.24) is 20.1 Å². The molecule has 6 heteroatoms. The van der Waals surface area contributed by atoms with Crippen LogP contribution >= 0.6 is 11.8 Å². The number of thioether (sulfide) groups is 1. The van der Waals surface area contributed by atoms with Gasteiger partial charge in [0.2, 0.25) is 5.91 Å². The van der Waals surface area contributed by atoms with Crippen LogP contribution in [0, 0.1) is 13.8 Å². The lowest BCUT2D eigenvalue weighted by Crippen LogP contribution is -2.30. The Labute approximate surface area is 129 Å². The average Bonchev–Trinajstić information content (AvgIpc) is 2.83. The smallest absolute Gasteiger partial charge is 0.233 e. The van der Waals surface area contributed by atoms with Crippen molar-refractivity contribution in [3.8, 4) is 5.82 Å². The highest BCUT2D eigenvalue weighted by Crippen LogP contribution is 2.10. The fraction of sp³-hybridized carbons (Fsp3) is 0.400. The van der Waals surface area contributed by atoms with Gasteiger partial charge >= 0.3 is 0 Å². The van der Waals surface area contributed by atoms with E-state index in [0.717, 1.165) is 22.8 Å². The summed E-state index contributed by atoms with van der Waals surface area (Å²) < 4.78 is 1.81. The first-order valence-corrected chi connectivity index (χ1v) is 8.09. The van der Waals surface area contributed by atoms with Gasteiger partial charge in [-0.3, -0.25) is 4.79 Å². The van der Waals surface area contributed by atoms with E-state index in [9.17, 15) is 4.79 Å². The molecule has 21 heavy (non-hydrogen) atoms. The fourth-order valence-corrected chi connectivity index (χ4v) is 2.24. The van der Waals surface area contributed by atoms with Crippen LogP contribution in [0.1, 0.15) is 23.9 Å². The van der Waals surface area contributed by atoms with E-state index in [1.165, 1.54) is 11.8 Å². The molecule has 1 amide bonds. The van der Waals surface area contributed by atoms with Gasteiger partial charge in [0, 0.05) is 18.4 Å². The summed E-state index contributed by atoms with van der Waals surface area (Å²) >= 11 is 1.53. The van der Waals surface area contributed by atoms with Crippen LogP contribution in [-0.2, 0) is 11.3 Å². The van der Waals surface area contributed by atoms with Crippen LogP contribution in [0.2, 0.25) is 0 Å². The Balaban J connectivity index is 2.03. The number of hydrogen-bond acceptors (Lipinski definition) is 4. The molecule has 1 N–H and O–H groups in total. The molecule has 0 aliphatic carbocycles. The molecule has 0 radical (unpaired) electrons. The quantitative estimate of drug-likeness (QED) is 0.920. The van der Waals surface area contributed by atoms with Crippen molar-refractivity contribution < 1.29 is 4.79 Å². The van der Waals surface area contributed by atoms with E-state index in [-0.39, 0.29) is 11.2 Å². The van der Waals surface area contributed by atoms with Gasteiger partial charge in [-0.2, -0.15) is 16.9 Å². The number of rotatable bonds is 5. The molecule has 2 heterocycles. The number of aromatic nitrogens is 3. The highest BCUT2D eigenvalue weighted by atomic mass is 32.2. The van der Waals surface area contributed by atoms with Crippen LogP contribution in [-0.4, -0.2) is 32.2 Å². The third-order valence-electron chi connectivity index (χ3n) is 3.23. The molecule has 2 aromatic heterocycles. The number of hydrogen-bond donors (Lipinski definition) is 1.